The lowest BCUT2D eigenvalue weighted by atomic mass is 9.76. The van der Waals surface area contributed by atoms with Crippen molar-refractivity contribution in [1.82, 2.24) is 20.7 Å². The molecule has 32 heavy (non-hydrogen) atoms. The Balaban J connectivity index is 1.75. The Hall–Kier alpha value is -2.95. The first-order valence-corrected chi connectivity index (χ1v) is 10.3. The third kappa shape index (κ3) is 4.93. The third-order valence-electron chi connectivity index (χ3n) is 5.38. The van der Waals surface area contributed by atoms with Gasteiger partial charge in [-0.15, -0.1) is 0 Å². The lowest BCUT2D eigenvalue weighted by molar-refractivity contribution is -0.142. The van der Waals surface area contributed by atoms with Gasteiger partial charge in [0.05, 0.1) is 19.6 Å². The molecule has 2 N–H and O–H groups in total. The molecule has 0 aromatic heterocycles. The summed E-state index contributed by atoms with van der Waals surface area (Å²) in [4.78, 5) is 37.5. The van der Waals surface area contributed by atoms with Crippen LogP contribution in [0, 0.1) is 0 Å². The van der Waals surface area contributed by atoms with Crippen molar-refractivity contribution in [1.29, 1.82) is 0 Å². The normalized spacial score (nSPS) is 26.0. The number of halogens is 2. The molecule has 0 radical (unpaired) electrons. The number of nitrogens with one attached hydrogen (secondary N) is 2. The number of piperazine rings is 1. The maximum Gasteiger partial charge on any atom is 0.415 e. The summed E-state index contributed by atoms with van der Waals surface area (Å²) >= 11 is 0. The highest BCUT2D eigenvalue weighted by Gasteiger charge is 2.49. The number of nitrogens with zero attached hydrogens (tertiary/aromatic N) is 2. The van der Waals surface area contributed by atoms with E-state index in [1.165, 1.54) is 0 Å². The van der Waals surface area contributed by atoms with Gasteiger partial charge in [-0.2, -0.15) is 0 Å². The summed E-state index contributed by atoms with van der Waals surface area (Å²) < 4.78 is 39.8. The largest absolute Gasteiger partial charge is 0.444 e. The molecule has 2 aliphatic heterocycles. The second kappa shape index (κ2) is 8.89. The molecular weight excluding hydrogens is 426 g/mol. The molecule has 2 saturated heterocycles. The molecule has 0 saturated carbocycles. The Morgan fingerprint density at radius 2 is 1.72 bits per heavy atom. The van der Waals surface area contributed by atoms with E-state index in [9.17, 15) is 23.2 Å². The molecule has 0 bridgehead atoms. The maximum atomic E-state index is 14.7. The zero-order valence-corrected chi connectivity index (χ0v) is 18.4. The van der Waals surface area contributed by atoms with Crippen LogP contribution in [0.1, 0.15) is 33.3 Å². The number of hydrazine groups is 1. The molecule has 3 amide bonds. The van der Waals surface area contributed by atoms with Crippen molar-refractivity contribution in [3.05, 3.63) is 35.9 Å². The van der Waals surface area contributed by atoms with E-state index in [1.54, 1.807) is 58.0 Å². The van der Waals surface area contributed by atoms with Gasteiger partial charge in [0.1, 0.15) is 17.1 Å². The highest BCUT2D eigenvalue weighted by atomic mass is 19.2. The Morgan fingerprint density at radius 3 is 2.22 bits per heavy atom. The minimum Gasteiger partial charge on any atom is -0.444 e. The predicted molar refractivity (Wildman–Crippen MR) is 110 cm³/mol. The van der Waals surface area contributed by atoms with Crippen molar-refractivity contribution in [2.75, 3.05) is 19.6 Å². The van der Waals surface area contributed by atoms with Crippen LogP contribution in [0.2, 0.25) is 0 Å². The predicted octanol–water partition coefficient (Wildman–Crippen LogP) is 2.23. The van der Waals surface area contributed by atoms with Gasteiger partial charge in [0, 0.05) is 0 Å². The summed E-state index contributed by atoms with van der Waals surface area (Å²) in [6, 6.07) is 8.67. The number of hydrogen-bond acceptors (Lipinski definition) is 6. The minimum atomic E-state index is -2.04. The number of carbonyl (C=O) groups excluding carboxylic acids is 3. The van der Waals surface area contributed by atoms with Gasteiger partial charge in [0.15, 0.2) is 12.6 Å². The van der Waals surface area contributed by atoms with Crippen LogP contribution >= 0.6 is 0 Å². The van der Waals surface area contributed by atoms with Crippen molar-refractivity contribution < 1.29 is 32.6 Å². The fourth-order valence-corrected chi connectivity index (χ4v) is 3.64. The fraction of sp³-hybridized carbons (Fsp3) is 0.571. The molecule has 0 spiro atoms. The van der Waals surface area contributed by atoms with E-state index < -0.39 is 60.9 Å². The Labute approximate surface area is 185 Å². The standard InChI is InChI=1S/C21H28F2N4O5/c1-20(2,3)32-19(30)27-15(22)11-26(12-16(27)23)25-17(28)21(4,13-8-6-5-7-9-13)14-10-24-18(29)31-14/h5-9,14-16H,10-12H2,1-4H3,(H,24,29)(H,25,28). The van der Waals surface area contributed by atoms with E-state index in [2.05, 4.69) is 10.7 Å². The minimum absolute atomic E-state index is 0.0988. The van der Waals surface area contributed by atoms with E-state index in [1.807, 2.05) is 0 Å². The van der Waals surface area contributed by atoms with Crippen LogP contribution < -0.4 is 10.7 Å². The highest BCUT2D eigenvalue weighted by Crippen LogP contribution is 2.32. The Bertz CT molecular complexity index is 853. The van der Waals surface area contributed by atoms with Crippen LogP contribution in [-0.2, 0) is 19.7 Å². The van der Waals surface area contributed by atoms with Crippen LogP contribution in [-0.4, -0.2) is 71.9 Å². The average Bonchev–Trinajstić information content (AvgIpc) is 3.12. The van der Waals surface area contributed by atoms with Gasteiger partial charge in [-0.3, -0.25) is 10.2 Å². The van der Waals surface area contributed by atoms with Crippen molar-refractivity contribution in [2.24, 2.45) is 0 Å². The number of hydrogen-bond donors (Lipinski definition) is 2. The second-order valence-corrected chi connectivity index (χ2v) is 8.95. The van der Waals surface area contributed by atoms with E-state index >= 15 is 0 Å². The number of benzene rings is 1. The molecule has 1 aromatic carbocycles. The molecule has 176 valence electrons. The average molecular weight is 454 g/mol. The Kier molecular flexibility index (Phi) is 6.59. The lowest BCUT2D eigenvalue weighted by Crippen LogP contribution is -2.64. The number of ether oxygens (including phenoxy) is 2. The number of carbonyl (C=O) groups is 3. The van der Waals surface area contributed by atoms with Gasteiger partial charge in [-0.05, 0) is 33.3 Å². The molecule has 2 heterocycles. The summed E-state index contributed by atoms with van der Waals surface area (Å²) in [6.07, 6.45) is -6.67. The van der Waals surface area contributed by atoms with Crippen LogP contribution in [0.5, 0.6) is 0 Å². The van der Waals surface area contributed by atoms with Gasteiger partial charge < -0.3 is 14.8 Å². The zero-order valence-electron chi connectivity index (χ0n) is 18.4. The monoisotopic (exact) mass is 454 g/mol. The number of alkyl halides is 2. The lowest BCUT2D eigenvalue weighted by Gasteiger charge is -2.41. The van der Waals surface area contributed by atoms with Gasteiger partial charge >= 0.3 is 12.2 Å². The van der Waals surface area contributed by atoms with E-state index in [0.29, 0.717) is 10.5 Å². The zero-order chi connectivity index (χ0) is 23.7. The van der Waals surface area contributed by atoms with E-state index in [4.69, 9.17) is 9.47 Å². The van der Waals surface area contributed by atoms with Crippen molar-refractivity contribution in [3.8, 4) is 0 Å². The summed E-state index contributed by atoms with van der Waals surface area (Å²) in [6.45, 7) is 5.56. The summed E-state index contributed by atoms with van der Waals surface area (Å²) in [5, 5.41) is 3.59. The molecule has 9 nitrogen and oxygen atoms in total. The van der Waals surface area contributed by atoms with E-state index in [-0.39, 0.29) is 6.54 Å². The summed E-state index contributed by atoms with van der Waals surface area (Å²) in [5.74, 6) is -0.602. The quantitative estimate of drug-likeness (QED) is 0.677. The molecule has 2 aliphatic rings. The SMILES string of the molecule is CC(C)(C)OC(=O)N1C(F)CN(NC(=O)C(C)(c2ccccc2)C2CNC(=O)O2)CC1F. The third-order valence-corrected chi connectivity index (χ3v) is 5.38. The maximum absolute atomic E-state index is 14.7. The van der Waals surface area contributed by atoms with E-state index in [0.717, 1.165) is 5.01 Å². The molecule has 2 fully saturated rings. The molecule has 1 aromatic rings. The van der Waals surface area contributed by atoms with Gasteiger partial charge in [-0.1, -0.05) is 30.3 Å². The molecule has 0 aliphatic carbocycles. The first kappa shape index (κ1) is 23.7. The van der Waals surface area contributed by atoms with Gasteiger partial charge in [-0.25, -0.2) is 28.3 Å². The summed E-state index contributed by atoms with van der Waals surface area (Å²) in [7, 11) is 0. The molecule has 4 unspecified atom stereocenters. The van der Waals surface area contributed by atoms with Gasteiger partial charge in [0.2, 0.25) is 5.91 Å². The van der Waals surface area contributed by atoms with Crippen molar-refractivity contribution in [3.63, 3.8) is 0 Å². The second-order valence-electron chi connectivity index (χ2n) is 8.95. The Morgan fingerprint density at radius 1 is 1.12 bits per heavy atom. The van der Waals surface area contributed by atoms with Crippen LogP contribution in [0.3, 0.4) is 0 Å². The molecule has 3 rings (SSSR count). The summed E-state index contributed by atoms with van der Waals surface area (Å²) in [5.41, 5.74) is 0.861. The van der Waals surface area contributed by atoms with Gasteiger partial charge in [0.25, 0.3) is 0 Å². The molecular formula is C21H28F2N4O5. The first-order chi connectivity index (χ1) is 14.9. The number of amides is 3. The first-order valence-electron chi connectivity index (χ1n) is 10.3. The fourth-order valence-electron chi connectivity index (χ4n) is 3.64. The van der Waals surface area contributed by atoms with Crippen LogP contribution in [0.15, 0.2) is 30.3 Å². The van der Waals surface area contributed by atoms with Crippen LogP contribution in [0.4, 0.5) is 18.4 Å². The number of cyclic esters (lactones) is 1. The van der Waals surface area contributed by atoms with Crippen LogP contribution in [0.25, 0.3) is 0 Å². The topological polar surface area (TPSA) is 100 Å². The highest BCUT2D eigenvalue weighted by molar-refractivity contribution is 5.89. The smallest absolute Gasteiger partial charge is 0.415 e. The van der Waals surface area contributed by atoms with Crippen molar-refractivity contribution in [2.45, 2.75) is 57.4 Å². The number of alkyl carbamates (subject to hydrolysis) is 1. The molecule has 4 atom stereocenters. The number of rotatable bonds is 4. The van der Waals surface area contributed by atoms with Crippen molar-refractivity contribution >= 4 is 18.1 Å². The molecule has 11 heteroatoms.